The van der Waals surface area contributed by atoms with Crippen LogP contribution in [-0.4, -0.2) is 41.9 Å². The number of likely N-dealkylation sites (N-methyl/N-ethyl adjacent to an activating group) is 1. The highest BCUT2D eigenvalue weighted by Gasteiger charge is 2.30. The Bertz CT molecular complexity index is 447. The number of thiazole rings is 1. The van der Waals surface area contributed by atoms with E-state index in [1.54, 1.807) is 0 Å². The summed E-state index contributed by atoms with van der Waals surface area (Å²) in [6.07, 6.45) is 1.77. The summed E-state index contributed by atoms with van der Waals surface area (Å²) < 4.78 is 5.54. The minimum absolute atomic E-state index is 0.164. The molecular weight excluding hydrogens is 252 g/mol. The van der Waals surface area contributed by atoms with Crippen molar-refractivity contribution in [1.82, 2.24) is 4.98 Å². The predicted molar refractivity (Wildman–Crippen MR) is 70.7 cm³/mol. The van der Waals surface area contributed by atoms with Gasteiger partial charge >= 0.3 is 5.97 Å². The van der Waals surface area contributed by atoms with E-state index >= 15 is 0 Å². The van der Waals surface area contributed by atoms with Crippen LogP contribution in [0.25, 0.3) is 0 Å². The number of rotatable bonds is 4. The number of carboxylic acid groups (broad SMARTS) is 1. The molecule has 5 nitrogen and oxygen atoms in total. The topological polar surface area (TPSA) is 62.7 Å². The molecule has 1 aliphatic rings. The molecule has 0 radical (unpaired) electrons. The summed E-state index contributed by atoms with van der Waals surface area (Å²) in [6.45, 7) is 4.72. The maximum atomic E-state index is 11.1. The Hall–Kier alpha value is -1.14. The zero-order valence-electron chi connectivity index (χ0n) is 10.8. The van der Waals surface area contributed by atoms with Crippen LogP contribution in [0.1, 0.15) is 35.6 Å². The molecule has 0 aliphatic carbocycles. The van der Waals surface area contributed by atoms with E-state index in [-0.39, 0.29) is 12.1 Å². The fourth-order valence-corrected chi connectivity index (χ4v) is 3.28. The van der Waals surface area contributed by atoms with E-state index in [4.69, 9.17) is 9.84 Å². The number of carbonyl (C=O) groups is 1. The second-order valence-electron chi connectivity index (χ2n) is 4.47. The van der Waals surface area contributed by atoms with Crippen molar-refractivity contribution in [3.8, 4) is 0 Å². The summed E-state index contributed by atoms with van der Waals surface area (Å²) in [5, 5.41) is 9.91. The van der Waals surface area contributed by atoms with Gasteiger partial charge in [0, 0.05) is 13.7 Å². The molecule has 1 aromatic heterocycles. The zero-order valence-corrected chi connectivity index (χ0v) is 11.7. The van der Waals surface area contributed by atoms with Gasteiger partial charge in [0.2, 0.25) is 0 Å². The maximum absolute atomic E-state index is 11.1. The van der Waals surface area contributed by atoms with E-state index < -0.39 is 5.97 Å². The molecule has 1 saturated heterocycles. The number of carboxylic acids is 1. The first-order valence-electron chi connectivity index (χ1n) is 6.12. The highest BCUT2D eigenvalue weighted by Crippen LogP contribution is 2.30. The average Bonchev–Trinajstić information content (AvgIpc) is 2.93. The minimum Gasteiger partial charge on any atom is -0.477 e. The SMILES string of the molecule is CCc1nc(N(C)C2CCOC2C)sc1C(=O)O. The Morgan fingerprint density at radius 2 is 2.39 bits per heavy atom. The third-order valence-electron chi connectivity index (χ3n) is 3.35. The first kappa shape index (κ1) is 13.3. The lowest BCUT2D eigenvalue weighted by atomic mass is 10.1. The second kappa shape index (κ2) is 5.24. The van der Waals surface area contributed by atoms with Crippen LogP contribution in [-0.2, 0) is 11.2 Å². The van der Waals surface area contributed by atoms with Crippen LogP contribution in [0.2, 0.25) is 0 Å². The van der Waals surface area contributed by atoms with Crippen LogP contribution in [0.5, 0.6) is 0 Å². The molecule has 1 N–H and O–H groups in total. The molecule has 1 aromatic rings. The molecule has 0 aromatic carbocycles. The van der Waals surface area contributed by atoms with Crippen molar-refractivity contribution in [2.24, 2.45) is 0 Å². The van der Waals surface area contributed by atoms with Crippen molar-refractivity contribution < 1.29 is 14.6 Å². The van der Waals surface area contributed by atoms with Gasteiger partial charge in [0.05, 0.1) is 17.8 Å². The number of hydrogen-bond donors (Lipinski definition) is 1. The van der Waals surface area contributed by atoms with E-state index in [0.29, 0.717) is 17.0 Å². The molecule has 0 spiro atoms. The van der Waals surface area contributed by atoms with Crippen LogP contribution in [0.4, 0.5) is 5.13 Å². The molecule has 1 fully saturated rings. The van der Waals surface area contributed by atoms with Crippen molar-refractivity contribution in [1.29, 1.82) is 0 Å². The molecular formula is C12H18N2O3S. The van der Waals surface area contributed by atoms with Gasteiger partial charge in [-0.15, -0.1) is 0 Å². The summed E-state index contributed by atoms with van der Waals surface area (Å²) in [5.41, 5.74) is 0.668. The van der Waals surface area contributed by atoms with Crippen molar-refractivity contribution in [3.63, 3.8) is 0 Å². The first-order chi connectivity index (χ1) is 8.54. The minimum atomic E-state index is -0.889. The predicted octanol–water partition coefficient (Wildman–Crippen LogP) is 2.02. The number of nitrogens with zero attached hydrogens (tertiary/aromatic N) is 2. The molecule has 2 unspecified atom stereocenters. The Balaban J connectivity index is 2.25. The van der Waals surface area contributed by atoms with Crippen molar-refractivity contribution in [3.05, 3.63) is 10.6 Å². The summed E-state index contributed by atoms with van der Waals surface area (Å²) in [4.78, 5) is 18.0. The fraction of sp³-hybridized carbons (Fsp3) is 0.667. The lowest BCUT2D eigenvalue weighted by Crippen LogP contribution is -2.36. The molecule has 2 rings (SSSR count). The molecule has 2 atom stereocenters. The second-order valence-corrected chi connectivity index (χ2v) is 5.45. The molecule has 100 valence electrons. The fourth-order valence-electron chi connectivity index (χ4n) is 2.27. The van der Waals surface area contributed by atoms with Gasteiger partial charge in [-0.05, 0) is 19.8 Å². The van der Waals surface area contributed by atoms with Gasteiger partial charge in [-0.25, -0.2) is 9.78 Å². The number of aromatic carboxylic acids is 1. The summed E-state index contributed by atoms with van der Waals surface area (Å²) in [6, 6.07) is 0.280. The number of aromatic nitrogens is 1. The number of anilines is 1. The van der Waals surface area contributed by atoms with Crippen LogP contribution in [0.3, 0.4) is 0 Å². The smallest absolute Gasteiger partial charge is 0.347 e. The first-order valence-corrected chi connectivity index (χ1v) is 6.93. The van der Waals surface area contributed by atoms with Crippen LogP contribution >= 0.6 is 11.3 Å². The Kier molecular flexibility index (Phi) is 3.87. The van der Waals surface area contributed by atoms with Gasteiger partial charge in [-0.2, -0.15) is 0 Å². The van der Waals surface area contributed by atoms with E-state index in [0.717, 1.165) is 18.2 Å². The Morgan fingerprint density at radius 3 is 2.83 bits per heavy atom. The van der Waals surface area contributed by atoms with Crippen LogP contribution < -0.4 is 4.90 Å². The summed E-state index contributed by atoms with van der Waals surface area (Å²) >= 11 is 1.25. The number of hydrogen-bond acceptors (Lipinski definition) is 5. The lowest BCUT2D eigenvalue weighted by Gasteiger charge is -2.26. The third-order valence-corrected chi connectivity index (χ3v) is 4.53. The Morgan fingerprint density at radius 1 is 1.67 bits per heavy atom. The van der Waals surface area contributed by atoms with Crippen molar-refractivity contribution in [2.45, 2.75) is 38.8 Å². The van der Waals surface area contributed by atoms with E-state index in [1.807, 2.05) is 25.8 Å². The largest absolute Gasteiger partial charge is 0.477 e. The van der Waals surface area contributed by atoms with E-state index in [9.17, 15) is 4.79 Å². The summed E-state index contributed by atoms with van der Waals surface area (Å²) in [5.74, 6) is -0.889. The van der Waals surface area contributed by atoms with E-state index in [1.165, 1.54) is 11.3 Å². The molecule has 1 aliphatic heterocycles. The molecule has 0 bridgehead atoms. The molecule has 2 heterocycles. The number of aryl methyl sites for hydroxylation is 1. The van der Waals surface area contributed by atoms with Gasteiger partial charge in [-0.3, -0.25) is 0 Å². The normalized spacial score (nSPS) is 23.3. The number of ether oxygens (including phenoxy) is 1. The highest BCUT2D eigenvalue weighted by atomic mass is 32.1. The summed E-state index contributed by atoms with van der Waals surface area (Å²) in [7, 11) is 1.96. The zero-order chi connectivity index (χ0) is 13.3. The maximum Gasteiger partial charge on any atom is 0.347 e. The standard InChI is InChI=1S/C12H18N2O3S/c1-4-8-10(11(15)16)18-12(13-8)14(3)9-5-6-17-7(9)2/h7,9H,4-6H2,1-3H3,(H,15,16). The van der Waals surface area contributed by atoms with Crippen LogP contribution in [0, 0.1) is 0 Å². The van der Waals surface area contributed by atoms with E-state index in [2.05, 4.69) is 4.98 Å². The highest BCUT2D eigenvalue weighted by molar-refractivity contribution is 7.17. The molecule has 0 saturated carbocycles. The molecule has 18 heavy (non-hydrogen) atoms. The average molecular weight is 270 g/mol. The Labute approximate surface area is 110 Å². The molecule has 0 amide bonds. The monoisotopic (exact) mass is 270 g/mol. The third kappa shape index (κ3) is 2.35. The molecule has 6 heteroatoms. The lowest BCUT2D eigenvalue weighted by molar-refractivity contribution is 0.0701. The van der Waals surface area contributed by atoms with Crippen molar-refractivity contribution in [2.75, 3.05) is 18.6 Å². The van der Waals surface area contributed by atoms with Gasteiger partial charge in [-0.1, -0.05) is 18.3 Å². The van der Waals surface area contributed by atoms with Gasteiger partial charge in [0.1, 0.15) is 4.88 Å². The van der Waals surface area contributed by atoms with Crippen molar-refractivity contribution >= 4 is 22.4 Å². The van der Waals surface area contributed by atoms with Gasteiger partial charge in [0.15, 0.2) is 5.13 Å². The van der Waals surface area contributed by atoms with Crippen LogP contribution in [0.15, 0.2) is 0 Å². The van der Waals surface area contributed by atoms with Gasteiger partial charge < -0.3 is 14.7 Å². The van der Waals surface area contributed by atoms with Gasteiger partial charge in [0.25, 0.3) is 0 Å². The quantitative estimate of drug-likeness (QED) is 0.907.